The Labute approximate surface area is 265 Å². The van der Waals surface area contributed by atoms with E-state index in [9.17, 15) is 22.8 Å². The number of nitrogens with one attached hydrogen (secondary N) is 1. The molecular formula is C32H32N2O9S2. The average Bonchev–Trinajstić information content (AvgIpc) is 3.47. The van der Waals surface area contributed by atoms with Gasteiger partial charge in [-0.05, 0) is 48.4 Å². The highest BCUT2D eigenvalue weighted by atomic mass is 32.2. The fourth-order valence-electron chi connectivity index (χ4n) is 4.31. The Morgan fingerprint density at radius 2 is 1.60 bits per heavy atom. The van der Waals surface area contributed by atoms with Crippen molar-refractivity contribution < 1.29 is 41.7 Å². The van der Waals surface area contributed by atoms with E-state index in [0.717, 1.165) is 27.3 Å². The van der Waals surface area contributed by atoms with Crippen molar-refractivity contribution in [3.63, 3.8) is 0 Å². The van der Waals surface area contributed by atoms with Crippen LogP contribution in [0.3, 0.4) is 0 Å². The molecule has 0 radical (unpaired) electrons. The predicted octanol–water partition coefficient (Wildman–Crippen LogP) is 5.23. The monoisotopic (exact) mass is 652 g/mol. The lowest BCUT2D eigenvalue weighted by atomic mass is 10.0. The molecule has 1 aromatic heterocycles. The van der Waals surface area contributed by atoms with Crippen molar-refractivity contribution in [3.05, 3.63) is 94.9 Å². The number of hydrogen-bond acceptors (Lipinski definition) is 10. The Morgan fingerprint density at radius 1 is 0.889 bits per heavy atom. The molecule has 11 nitrogen and oxygen atoms in total. The molecule has 13 heteroatoms. The third kappa shape index (κ3) is 7.87. The number of amides is 1. The first-order chi connectivity index (χ1) is 21.6. The standard InChI is InChI=1S/C32H32N2O9S2/c1-5-42-32(37)29-25(22-11-14-24(40-3)15-12-22)20-44-30(29)33-28(35)19-43-31(36)23-13-16-26(41-4)27(17-23)45(38,39)34(2)18-21-9-7-6-8-10-21/h6-17,20H,5,18-19H2,1-4H3,(H,33,35). The average molecular weight is 653 g/mol. The Hall–Kier alpha value is -4.72. The molecule has 0 saturated carbocycles. The zero-order valence-electron chi connectivity index (χ0n) is 25.1. The van der Waals surface area contributed by atoms with Gasteiger partial charge < -0.3 is 24.3 Å². The van der Waals surface area contributed by atoms with Gasteiger partial charge in [0, 0.05) is 24.5 Å². The summed E-state index contributed by atoms with van der Waals surface area (Å²) in [6, 6.07) is 19.9. The highest BCUT2D eigenvalue weighted by molar-refractivity contribution is 7.89. The zero-order chi connectivity index (χ0) is 32.6. The van der Waals surface area contributed by atoms with Crippen LogP contribution in [0.5, 0.6) is 11.5 Å². The van der Waals surface area contributed by atoms with Gasteiger partial charge in [-0.3, -0.25) is 4.79 Å². The van der Waals surface area contributed by atoms with Gasteiger partial charge in [0.05, 0.1) is 26.4 Å². The van der Waals surface area contributed by atoms with E-state index in [0.29, 0.717) is 16.9 Å². The zero-order valence-corrected chi connectivity index (χ0v) is 26.7. The van der Waals surface area contributed by atoms with Gasteiger partial charge in [-0.25, -0.2) is 18.0 Å². The van der Waals surface area contributed by atoms with Crippen LogP contribution in [0.2, 0.25) is 0 Å². The minimum Gasteiger partial charge on any atom is -0.497 e. The highest BCUT2D eigenvalue weighted by Crippen LogP contribution is 2.37. The molecule has 4 aromatic rings. The molecule has 0 bridgehead atoms. The van der Waals surface area contributed by atoms with Crippen molar-refractivity contribution in [2.45, 2.75) is 18.4 Å². The normalized spacial score (nSPS) is 11.1. The summed E-state index contributed by atoms with van der Waals surface area (Å²) in [7, 11) is 0.214. The summed E-state index contributed by atoms with van der Waals surface area (Å²) in [6.07, 6.45) is 0. The molecule has 0 aliphatic heterocycles. The fraction of sp³-hybridized carbons (Fsp3) is 0.219. The number of nitrogens with zero attached hydrogens (tertiary/aromatic N) is 1. The topological polar surface area (TPSA) is 138 Å². The van der Waals surface area contributed by atoms with Crippen LogP contribution in [0.4, 0.5) is 5.00 Å². The highest BCUT2D eigenvalue weighted by Gasteiger charge is 2.27. The summed E-state index contributed by atoms with van der Waals surface area (Å²) >= 11 is 1.12. The number of methoxy groups -OCH3 is 2. The number of carbonyl (C=O) groups is 3. The third-order valence-electron chi connectivity index (χ3n) is 6.59. The number of ether oxygens (including phenoxy) is 4. The van der Waals surface area contributed by atoms with E-state index in [1.807, 2.05) is 6.07 Å². The predicted molar refractivity (Wildman–Crippen MR) is 169 cm³/mol. The number of anilines is 1. The lowest BCUT2D eigenvalue weighted by Gasteiger charge is -2.19. The Morgan fingerprint density at radius 3 is 2.24 bits per heavy atom. The van der Waals surface area contributed by atoms with Crippen LogP contribution in [0, 0.1) is 0 Å². The van der Waals surface area contributed by atoms with Gasteiger partial charge in [0.15, 0.2) is 6.61 Å². The Kier molecular flexibility index (Phi) is 10.9. The summed E-state index contributed by atoms with van der Waals surface area (Å²) in [5.74, 6) is -1.57. The molecule has 0 fully saturated rings. The van der Waals surface area contributed by atoms with Crippen molar-refractivity contribution >= 4 is 44.2 Å². The summed E-state index contributed by atoms with van der Waals surface area (Å²) in [6.45, 7) is 1.20. The number of thiophene rings is 1. The maximum atomic E-state index is 13.4. The quantitative estimate of drug-likeness (QED) is 0.193. The number of sulfonamides is 1. The molecule has 0 spiro atoms. The second-order valence-corrected chi connectivity index (χ2v) is 12.4. The van der Waals surface area contributed by atoms with E-state index in [1.54, 1.807) is 67.9 Å². The van der Waals surface area contributed by atoms with Gasteiger partial charge >= 0.3 is 11.9 Å². The van der Waals surface area contributed by atoms with E-state index in [4.69, 9.17) is 18.9 Å². The van der Waals surface area contributed by atoms with Gasteiger partial charge in [-0.1, -0.05) is 42.5 Å². The van der Waals surface area contributed by atoms with E-state index >= 15 is 0 Å². The molecule has 45 heavy (non-hydrogen) atoms. The first-order valence-corrected chi connectivity index (χ1v) is 16.0. The Balaban J connectivity index is 1.49. The SMILES string of the molecule is CCOC(=O)c1c(-c2ccc(OC)cc2)csc1NC(=O)COC(=O)c1ccc(OC)c(S(=O)(=O)N(C)Cc2ccccc2)c1. The molecule has 3 aromatic carbocycles. The van der Waals surface area contributed by atoms with Crippen LogP contribution in [0.1, 0.15) is 33.2 Å². The molecular weight excluding hydrogens is 620 g/mol. The number of carbonyl (C=O) groups excluding carboxylic acids is 3. The second-order valence-electron chi connectivity index (χ2n) is 9.54. The van der Waals surface area contributed by atoms with Gasteiger partial charge in [-0.15, -0.1) is 11.3 Å². The fourth-order valence-corrected chi connectivity index (χ4v) is 6.62. The van der Waals surface area contributed by atoms with Crippen LogP contribution in [0.15, 0.2) is 83.1 Å². The van der Waals surface area contributed by atoms with Crippen LogP contribution in [0.25, 0.3) is 11.1 Å². The van der Waals surface area contributed by atoms with Crippen molar-refractivity contribution in [2.24, 2.45) is 0 Å². The maximum absolute atomic E-state index is 13.4. The Bertz CT molecular complexity index is 1770. The van der Waals surface area contributed by atoms with Gasteiger partial charge in [0.25, 0.3) is 5.91 Å². The minimum atomic E-state index is -4.08. The number of benzene rings is 3. The van der Waals surface area contributed by atoms with E-state index in [1.165, 1.54) is 26.3 Å². The molecule has 1 amide bonds. The summed E-state index contributed by atoms with van der Waals surface area (Å²) < 4.78 is 48.9. The first-order valence-electron chi connectivity index (χ1n) is 13.7. The van der Waals surface area contributed by atoms with Crippen molar-refractivity contribution in [1.29, 1.82) is 0 Å². The van der Waals surface area contributed by atoms with Crippen LogP contribution < -0.4 is 14.8 Å². The molecule has 1 heterocycles. The minimum absolute atomic E-state index is 0.0426. The number of hydrogen-bond donors (Lipinski definition) is 1. The summed E-state index contributed by atoms with van der Waals surface area (Å²) in [5, 5.41) is 4.55. The molecule has 0 aliphatic carbocycles. The van der Waals surface area contributed by atoms with E-state index in [2.05, 4.69) is 5.32 Å². The lowest BCUT2D eigenvalue weighted by molar-refractivity contribution is -0.119. The van der Waals surface area contributed by atoms with Gasteiger partial charge in [0.2, 0.25) is 10.0 Å². The molecule has 0 atom stereocenters. The smallest absolute Gasteiger partial charge is 0.341 e. The molecule has 0 aliphatic rings. The number of rotatable bonds is 13. The van der Waals surface area contributed by atoms with Gasteiger partial charge in [-0.2, -0.15) is 4.31 Å². The lowest BCUT2D eigenvalue weighted by Crippen LogP contribution is -2.27. The van der Waals surface area contributed by atoms with Crippen LogP contribution >= 0.6 is 11.3 Å². The molecule has 0 saturated heterocycles. The first kappa shape index (κ1) is 33.2. The second kappa shape index (κ2) is 14.8. The third-order valence-corrected chi connectivity index (χ3v) is 9.31. The van der Waals surface area contributed by atoms with Crippen molar-refractivity contribution in [3.8, 4) is 22.6 Å². The molecule has 0 unspecified atom stereocenters. The van der Waals surface area contributed by atoms with Crippen molar-refractivity contribution in [1.82, 2.24) is 4.31 Å². The van der Waals surface area contributed by atoms with Crippen LogP contribution in [-0.4, -0.2) is 65.0 Å². The van der Waals surface area contributed by atoms with E-state index < -0.39 is 34.5 Å². The molecule has 1 N–H and O–H groups in total. The summed E-state index contributed by atoms with van der Waals surface area (Å²) in [4.78, 5) is 38.4. The maximum Gasteiger partial charge on any atom is 0.341 e. The largest absolute Gasteiger partial charge is 0.497 e. The van der Waals surface area contributed by atoms with Crippen molar-refractivity contribution in [2.75, 3.05) is 39.8 Å². The van der Waals surface area contributed by atoms with Crippen LogP contribution in [-0.2, 0) is 30.8 Å². The summed E-state index contributed by atoms with van der Waals surface area (Å²) in [5.41, 5.74) is 2.10. The van der Waals surface area contributed by atoms with Gasteiger partial charge in [0.1, 0.15) is 27.0 Å². The molecule has 236 valence electrons. The number of esters is 2. The molecule has 4 rings (SSSR count). The van der Waals surface area contributed by atoms with E-state index in [-0.39, 0.29) is 39.9 Å².